The molecule has 0 spiro atoms. The smallest absolute Gasteiger partial charge is 0.356 e. The first-order valence-electron chi connectivity index (χ1n) is 9.79. The van der Waals surface area contributed by atoms with E-state index in [0.717, 1.165) is 23.4 Å². The van der Waals surface area contributed by atoms with E-state index in [0.29, 0.717) is 30.5 Å². The summed E-state index contributed by atoms with van der Waals surface area (Å²) in [5.41, 5.74) is 1.78. The minimum absolute atomic E-state index is 0. The number of guanidine groups is 1. The van der Waals surface area contributed by atoms with Crippen LogP contribution in [0.25, 0.3) is 0 Å². The lowest BCUT2D eigenvalue weighted by Crippen LogP contribution is -2.38. The van der Waals surface area contributed by atoms with Gasteiger partial charge in [0.25, 0.3) is 0 Å². The normalized spacial score (nSPS) is 11.6. The highest BCUT2D eigenvalue weighted by Gasteiger charge is 2.30. The molecule has 1 aromatic carbocycles. The Kier molecular flexibility index (Phi) is 10.4. The zero-order valence-corrected chi connectivity index (χ0v) is 20.7. The predicted molar refractivity (Wildman–Crippen MR) is 128 cm³/mol. The van der Waals surface area contributed by atoms with Gasteiger partial charge in [-0.1, -0.05) is 31.8 Å². The average Bonchev–Trinajstić information content (AvgIpc) is 3.04. The Bertz CT molecular complexity index is 939. The van der Waals surface area contributed by atoms with Gasteiger partial charge in [0.05, 0.1) is 11.3 Å². The minimum Gasteiger partial charge on any atom is -0.356 e. The second kappa shape index (κ2) is 12.0. The maximum absolute atomic E-state index is 12.8. The molecule has 0 aliphatic rings. The monoisotopic (exact) mass is 547 g/mol. The molecule has 0 amide bonds. The molecule has 0 saturated heterocycles. The first kappa shape index (κ1) is 26.8. The second-order valence-corrected chi connectivity index (χ2v) is 7.27. The Morgan fingerprint density at radius 3 is 2.65 bits per heavy atom. The van der Waals surface area contributed by atoms with Crippen LogP contribution in [0.4, 0.5) is 13.2 Å². The standard InChI is InChI=1S/C22H28F3N5.HI/c1-6-26-21(29(4)14-18-15-30(5)28-20(18)16(2)3)27-12-8-10-17-9-7-11-19(13-17)22(23,24)25;/h7,9,11,13,15-16H,6,12,14H2,1-5H3,(H,26,27);1H. The Morgan fingerprint density at radius 2 is 2.03 bits per heavy atom. The highest BCUT2D eigenvalue weighted by Crippen LogP contribution is 2.29. The van der Waals surface area contributed by atoms with Crippen molar-refractivity contribution in [3.63, 3.8) is 0 Å². The van der Waals surface area contributed by atoms with Crippen molar-refractivity contribution in [3.8, 4) is 11.8 Å². The van der Waals surface area contributed by atoms with E-state index in [-0.39, 0.29) is 30.5 Å². The SMILES string of the molecule is CCNC(=NCC#Cc1cccc(C(F)(F)F)c1)N(C)Cc1cn(C)nc1C(C)C.I. The fraction of sp³-hybridized carbons (Fsp3) is 0.455. The molecular formula is C22H29F3IN5. The summed E-state index contributed by atoms with van der Waals surface area (Å²) in [7, 11) is 3.83. The highest BCUT2D eigenvalue weighted by atomic mass is 127. The van der Waals surface area contributed by atoms with E-state index in [9.17, 15) is 13.2 Å². The van der Waals surface area contributed by atoms with Crippen molar-refractivity contribution in [2.75, 3.05) is 20.1 Å². The number of aliphatic imine (C=N–C) groups is 1. The van der Waals surface area contributed by atoms with Crippen LogP contribution >= 0.6 is 24.0 Å². The molecule has 0 saturated carbocycles. The molecule has 1 N–H and O–H groups in total. The van der Waals surface area contributed by atoms with Crippen molar-refractivity contribution in [1.29, 1.82) is 0 Å². The molecule has 2 rings (SSSR count). The number of aromatic nitrogens is 2. The van der Waals surface area contributed by atoms with E-state index in [4.69, 9.17) is 0 Å². The van der Waals surface area contributed by atoms with Crippen LogP contribution in [0, 0.1) is 11.8 Å². The Labute approximate surface area is 199 Å². The predicted octanol–water partition coefficient (Wildman–Crippen LogP) is 4.63. The van der Waals surface area contributed by atoms with Gasteiger partial charge in [-0.05, 0) is 31.0 Å². The lowest BCUT2D eigenvalue weighted by molar-refractivity contribution is -0.137. The molecule has 31 heavy (non-hydrogen) atoms. The van der Waals surface area contributed by atoms with Gasteiger partial charge in [-0.3, -0.25) is 4.68 Å². The molecule has 0 aliphatic heterocycles. The second-order valence-electron chi connectivity index (χ2n) is 7.27. The molecule has 9 heteroatoms. The maximum atomic E-state index is 12.8. The van der Waals surface area contributed by atoms with Crippen LogP contribution in [0.15, 0.2) is 35.5 Å². The number of hydrogen-bond donors (Lipinski definition) is 1. The average molecular weight is 547 g/mol. The van der Waals surface area contributed by atoms with Crippen LogP contribution in [0.3, 0.4) is 0 Å². The summed E-state index contributed by atoms with van der Waals surface area (Å²) in [6, 6.07) is 4.99. The molecule has 1 aromatic heterocycles. The van der Waals surface area contributed by atoms with Gasteiger partial charge in [0, 0.05) is 44.5 Å². The molecule has 0 unspecified atom stereocenters. The Balaban J connectivity index is 0.00000480. The molecule has 0 radical (unpaired) electrons. The Hall–Kier alpha value is -2.22. The van der Waals surface area contributed by atoms with Gasteiger partial charge >= 0.3 is 6.18 Å². The van der Waals surface area contributed by atoms with Crippen LogP contribution < -0.4 is 5.32 Å². The molecule has 0 bridgehead atoms. The summed E-state index contributed by atoms with van der Waals surface area (Å²) in [5.74, 6) is 6.58. The minimum atomic E-state index is -4.38. The van der Waals surface area contributed by atoms with E-state index in [1.54, 1.807) is 6.07 Å². The van der Waals surface area contributed by atoms with Crippen LogP contribution in [-0.2, 0) is 19.8 Å². The summed E-state index contributed by atoms with van der Waals surface area (Å²) >= 11 is 0. The van der Waals surface area contributed by atoms with Crippen molar-refractivity contribution < 1.29 is 13.2 Å². The largest absolute Gasteiger partial charge is 0.416 e. The van der Waals surface area contributed by atoms with Crippen LogP contribution in [0.1, 0.15) is 49.1 Å². The van der Waals surface area contributed by atoms with Gasteiger partial charge in [-0.15, -0.1) is 24.0 Å². The number of rotatable bonds is 5. The fourth-order valence-electron chi connectivity index (χ4n) is 2.99. The van der Waals surface area contributed by atoms with Gasteiger partial charge in [-0.25, -0.2) is 4.99 Å². The third-order valence-electron chi connectivity index (χ3n) is 4.32. The van der Waals surface area contributed by atoms with Crippen LogP contribution in [-0.4, -0.2) is 40.8 Å². The van der Waals surface area contributed by atoms with E-state index in [1.807, 2.05) is 36.8 Å². The number of aryl methyl sites for hydroxylation is 1. The lowest BCUT2D eigenvalue weighted by Gasteiger charge is -2.22. The topological polar surface area (TPSA) is 45.5 Å². The van der Waals surface area contributed by atoms with E-state index >= 15 is 0 Å². The molecular weight excluding hydrogens is 518 g/mol. The van der Waals surface area contributed by atoms with Crippen LogP contribution in [0.2, 0.25) is 0 Å². The quantitative estimate of drug-likeness (QED) is 0.257. The summed E-state index contributed by atoms with van der Waals surface area (Å²) in [4.78, 5) is 6.47. The maximum Gasteiger partial charge on any atom is 0.416 e. The van der Waals surface area contributed by atoms with Crippen molar-refractivity contribution in [2.45, 2.75) is 39.4 Å². The number of nitrogens with zero attached hydrogens (tertiary/aromatic N) is 4. The summed E-state index contributed by atoms with van der Waals surface area (Å²) < 4.78 is 40.2. The third-order valence-corrected chi connectivity index (χ3v) is 4.32. The fourth-order valence-corrected chi connectivity index (χ4v) is 2.99. The molecule has 0 aliphatic carbocycles. The van der Waals surface area contributed by atoms with Crippen LogP contribution in [0.5, 0.6) is 0 Å². The number of nitrogens with one attached hydrogen (secondary N) is 1. The zero-order chi connectivity index (χ0) is 22.3. The first-order chi connectivity index (χ1) is 14.1. The van der Waals surface area contributed by atoms with Gasteiger partial charge < -0.3 is 10.2 Å². The number of alkyl halides is 3. The van der Waals surface area contributed by atoms with Crippen molar-refractivity contribution in [3.05, 3.63) is 52.8 Å². The highest BCUT2D eigenvalue weighted by molar-refractivity contribution is 14.0. The number of halogens is 4. The summed E-state index contributed by atoms with van der Waals surface area (Å²) in [6.07, 6.45) is -2.37. The van der Waals surface area contributed by atoms with E-state index in [1.165, 1.54) is 6.07 Å². The van der Waals surface area contributed by atoms with Gasteiger partial charge in [0.2, 0.25) is 0 Å². The molecule has 0 fully saturated rings. The molecule has 2 aromatic rings. The lowest BCUT2D eigenvalue weighted by atomic mass is 10.1. The van der Waals surface area contributed by atoms with Gasteiger partial charge in [0.15, 0.2) is 5.96 Å². The zero-order valence-electron chi connectivity index (χ0n) is 18.4. The molecule has 170 valence electrons. The Morgan fingerprint density at radius 1 is 1.32 bits per heavy atom. The molecule has 1 heterocycles. The van der Waals surface area contributed by atoms with Crippen molar-refractivity contribution >= 4 is 29.9 Å². The van der Waals surface area contributed by atoms with E-state index in [2.05, 4.69) is 41.1 Å². The van der Waals surface area contributed by atoms with Gasteiger partial charge in [-0.2, -0.15) is 18.3 Å². The molecule has 0 atom stereocenters. The van der Waals surface area contributed by atoms with Crippen molar-refractivity contribution in [2.24, 2.45) is 12.0 Å². The summed E-state index contributed by atoms with van der Waals surface area (Å²) in [6.45, 7) is 7.68. The molecule has 5 nitrogen and oxygen atoms in total. The third kappa shape index (κ3) is 8.09. The van der Waals surface area contributed by atoms with E-state index < -0.39 is 11.7 Å². The van der Waals surface area contributed by atoms with Crippen molar-refractivity contribution in [1.82, 2.24) is 20.0 Å². The first-order valence-corrected chi connectivity index (χ1v) is 9.79. The number of benzene rings is 1. The van der Waals surface area contributed by atoms with Gasteiger partial charge in [0.1, 0.15) is 6.54 Å². The summed E-state index contributed by atoms with van der Waals surface area (Å²) in [5, 5.41) is 7.75. The number of hydrogen-bond acceptors (Lipinski definition) is 2.